The molecule has 0 radical (unpaired) electrons. The first-order valence-electron chi connectivity index (χ1n) is 8.85. The summed E-state index contributed by atoms with van der Waals surface area (Å²) in [6.07, 6.45) is 0.160. The summed E-state index contributed by atoms with van der Waals surface area (Å²) in [6.45, 7) is 5.30. The molecule has 1 aliphatic heterocycles. The van der Waals surface area contributed by atoms with E-state index in [0.29, 0.717) is 26.2 Å². The van der Waals surface area contributed by atoms with Crippen molar-refractivity contribution in [3.63, 3.8) is 0 Å². The van der Waals surface area contributed by atoms with Crippen LogP contribution < -0.4 is 14.2 Å². The van der Waals surface area contributed by atoms with Crippen LogP contribution in [0.3, 0.4) is 0 Å². The van der Waals surface area contributed by atoms with Gasteiger partial charge in [0, 0.05) is 7.05 Å². The number of carbonyl (C=O) groups excluding carboxylic acids is 1. The van der Waals surface area contributed by atoms with Crippen LogP contribution in [0.1, 0.15) is 17.5 Å². The summed E-state index contributed by atoms with van der Waals surface area (Å²) in [6, 6.07) is 13.6. The minimum absolute atomic E-state index is 0.0257. The molecule has 138 valence electrons. The fraction of sp³-hybridized carbons (Fsp3) is 0.381. The second kappa shape index (κ2) is 8.13. The molecule has 3 rings (SSSR count). The van der Waals surface area contributed by atoms with Crippen molar-refractivity contribution >= 4 is 5.91 Å². The summed E-state index contributed by atoms with van der Waals surface area (Å²) in [4.78, 5) is 14.0. The summed E-state index contributed by atoms with van der Waals surface area (Å²) < 4.78 is 17.4. The van der Waals surface area contributed by atoms with E-state index in [1.807, 2.05) is 56.3 Å². The molecule has 1 heterocycles. The Morgan fingerprint density at radius 3 is 2.77 bits per heavy atom. The lowest BCUT2D eigenvalue weighted by Gasteiger charge is -2.29. The van der Waals surface area contributed by atoms with Gasteiger partial charge in [-0.05, 0) is 43.2 Å². The van der Waals surface area contributed by atoms with Crippen molar-refractivity contribution in [1.82, 2.24) is 4.90 Å². The molecule has 1 unspecified atom stereocenters. The maximum atomic E-state index is 12.4. The molecule has 26 heavy (non-hydrogen) atoms. The second-order valence-electron chi connectivity index (χ2n) is 6.64. The minimum atomic E-state index is -0.168. The smallest absolute Gasteiger partial charge is 0.225 e. The van der Waals surface area contributed by atoms with Gasteiger partial charge in [0.15, 0.2) is 17.6 Å². The highest BCUT2D eigenvalue weighted by atomic mass is 16.6. The third kappa shape index (κ3) is 4.48. The molecule has 0 N–H and O–H groups in total. The Kier molecular flexibility index (Phi) is 5.66. The number of likely N-dealkylation sites (N-methyl/N-ethyl adjacent to an activating group) is 1. The van der Waals surface area contributed by atoms with Crippen molar-refractivity contribution < 1.29 is 19.0 Å². The van der Waals surface area contributed by atoms with Crippen LogP contribution in [0.2, 0.25) is 0 Å². The lowest BCUT2D eigenvalue weighted by molar-refractivity contribution is -0.131. The summed E-state index contributed by atoms with van der Waals surface area (Å²) in [7, 11) is 1.78. The summed E-state index contributed by atoms with van der Waals surface area (Å²) in [5.41, 5.74) is 2.21. The molecule has 0 aromatic heterocycles. The van der Waals surface area contributed by atoms with Gasteiger partial charge in [-0.1, -0.05) is 24.3 Å². The van der Waals surface area contributed by atoms with Crippen LogP contribution >= 0.6 is 0 Å². The van der Waals surface area contributed by atoms with Gasteiger partial charge in [0.1, 0.15) is 12.4 Å². The lowest BCUT2D eigenvalue weighted by Crippen LogP contribution is -2.42. The van der Waals surface area contributed by atoms with E-state index in [0.717, 1.165) is 28.4 Å². The molecule has 1 atom stereocenters. The molecule has 0 saturated heterocycles. The van der Waals surface area contributed by atoms with E-state index < -0.39 is 0 Å². The zero-order chi connectivity index (χ0) is 18.5. The summed E-state index contributed by atoms with van der Waals surface area (Å²) >= 11 is 0. The Balaban J connectivity index is 1.46. The third-order valence-corrected chi connectivity index (χ3v) is 4.39. The topological polar surface area (TPSA) is 48.0 Å². The molecule has 2 aromatic rings. The maximum absolute atomic E-state index is 12.4. The van der Waals surface area contributed by atoms with Gasteiger partial charge in [-0.2, -0.15) is 0 Å². The largest absolute Gasteiger partial charge is 0.493 e. The number of hydrogen-bond donors (Lipinski definition) is 0. The molecule has 2 aromatic carbocycles. The van der Waals surface area contributed by atoms with Crippen LogP contribution in [-0.4, -0.2) is 43.7 Å². The minimum Gasteiger partial charge on any atom is -0.493 e. The summed E-state index contributed by atoms with van der Waals surface area (Å²) in [5, 5.41) is 0. The zero-order valence-electron chi connectivity index (χ0n) is 15.5. The SMILES string of the molecule is Cc1ccc(C)c(OCCC(=O)N(C)CC2COc3ccccc3O2)c1. The average Bonchev–Trinajstić information content (AvgIpc) is 2.64. The van der Waals surface area contributed by atoms with Crippen LogP contribution in [0, 0.1) is 13.8 Å². The van der Waals surface area contributed by atoms with Crippen LogP contribution in [0.4, 0.5) is 0 Å². The van der Waals surface area contributed by atoms with E-state index >= 15 is 0 Å². The number of aryl methyl sites for hydroxylation is 2. The quantitative estimate of drug-likeness (QED) is 0.797. The fourth-order valence-electron chi connectivity index (χ4n) is 2.86. The number of nitrogens with zero attached hydrogens (tertiary/aromatic N) is 1. The van der Waals surface area contributed by atoms with Crippen molar-refractivity contribution in [3.8, 4) is 17.2 Å². The first-order chi connectivity index (χ1) is 12.5. The van der Waals surface area contributed by atoms with Gasteiger partial charge in [0.05, 0.1) is 19.6 Å². The van der Waals surface area contributed by atoms with Crippen molar-refractivity contribution in [3.05, 3.63) is 53.6 Å². The molecular weight excluding hydrogens is 330 g/mol. The van der Waals surface area contributed by atoms with Crippen molar-refractivity contribution in [2.45, 2.75) is 26.4 Å². The molecule has 5 nitrogen and oxygen atoms in total. The highest BCUT2D eigenvalue weighted by Crippen LogP contribution is 2.31. The number of amides is 1. The number of hydrogen-bond acceptors (Lipinski definition) is 4. The zero-order valence-corrected chi connectivity index (χ0v) is 15.5. The highest BCUT2D eigenvalue weighted by molar-refractivity contribution is 5.76. The van der Waals surface area contributed by atoms with E-state index in [9.17, 15) is 4.79 Å². The molecule has 0 bridgehead atoms. The van der Waals surface area contributed by atoms with Crippen LogP contribution in [-0.2, 0) is 4.79 Å². The predicted molar refractivity (Wildman–Crippen MR) is 100 cm³/mol. The fourth-order valence-corrected chi connectivity index (χ4v) is 2.86. The number of rotatable bonds is 6. The Labute approximate surface area is 154 Å². The first-order valence-corrected chi connectivity index (χ1v) is 8.85. The van der Waals surface area contributed by atoms with Gasteiger partial charge >= 0.3 is 0 Å². The molecule has 5 heteroatoms. The number of benzene rings is 2. The van der Waals surface area contributed by atoms with Gasteiger partial charge in [0.25, 0.3) is 0 Å². The van der Waals surface area contributed by atoms with Crippen molar-refractivity contribution in [2.75, 3.05) is 26.8 Å². The molecular formula is C21H25NO4. The Hall–Kier alpha value is -2.69. The van der Waals surface area contributed by atoms with Crippen LogP contribution in [0.5, 0.6) is 17.2 Å². The highest BCUT2D eigenvalue weighted by Gasteiger charge is 2.23. The second-order valence-corrected chi connectivity index (χ2v) is 6.64. The third-order valence-electron chi connectivity index (χ3n) is 4.39. The summed E-state index contributed by atoms with van der Waals surface area (Å²) in [5.74, 6) is 2.33. The molecule has 0 spiro atoms. The van der Waals surface area contributed by atoms with Crippen molar-refractivity contribution in [1.29, 1.82) is 0 Å². The number of para-hydroxylation sites is 2. The van der Waals surface area contributed by atoms with E-state index in [2.05, 4.69) is 0 Å². The monoisotopic (exact) mass is 355 g/mol. The Morgan fingerprint density at radius 2 is 1.96 bits per heavy atom. The van der Waals surface area contributed by atoms with Crippen molar-refractivity contribution in [2.24, 2.45) is 0 Å². The van der Waals surface area contributed by atoms with Gasteiger partial charge in [-0.25, -0.2) is 0 Å². The Bertz CT molecular complexity index is 774. The van der Waals surface area contributed by atoms with Crippen LogP contribution in [0.25, 0.3) is 0 Å². The predicted octanol–water partition coefficient (Wildman–Crippen LogP) is 3.37. The number of carbonyl (C=O) groups is 1. The number of fused-ring (bicyclic) bond motifs is 1. The van der Waals surface area contributed by atoms with Crippen LogP contribution in [0.15, 0.2) is 42.5 Å². The maximum Gasteiger partial charge on any atom is 0.225 e. The van der Waals surface area contributed by atoms with Gasteiger partial charge < -0.3 is 19.1 Å². The van der Waals surface area contributed by atoms with E-state index in [4.69, 9.17) is 14.2 Å². The molecule has 0 fully saturated rings. The molecule has 1 amide bonds. The lowest BCUT2D eigenvalue weighted by atomic mass is 10.1. The Morgan fingerprint density at radius 1 is 1.19 bits per heavy atom. The van der Waals surface area contributed by atoms with E-state index in [1.165, 1.54) is 0 Å². The van der Waals surface area contributed by atoms with E-state index in [1.54, 1.807) is 11.9 Å². The van der Waals surface area contributed by atoms with E-state index in [-0.39, 0.29) is 12.0 Å². The van der Waals surface area contributed by atoms with Gasteiger partial charge in [0.2, 0.25) is 5.91 Å². The molecule has 1 aliphatic rings. The number of ether oxygens (including phenoxy) is 3. The van der Waals surface area contributed by atoms with Gasteiger partial charge in [-0.3, -0.25) is 4.79 Å². The van der Waals surface area contributed by atoms with Gasteiger partial charge in [-0.15, -0.1) is 0 Å². The molecule has 0 aliphatic carbocycles. The molecule has 0 saturated carbocycles. The average molecular weight is 355 g/mol. The standard InChI is InChI=1S/C21H25NO4/c1-15-8-9-16(2)20(12-15)24-11-10-21(23)22(3)13-17-14-25-18-6-4-5-7-19(18)26-17/h4-9,12,17H,10-11,13-14H2,1-3H3. The normalized spacial score (nSPS) is 15.4. The first kappa shape index (κ1) is 18.1.